The molecule has 134 valence electrons. The van der Waals surface area contributed by atoms with Crippen LogP contribution in [0.25, 0.3) is 0 Å². The molecule has 0 aliphatic carbocycles. The van der Waals surface area contributed by atoms with E-state index in [4.69, 9.17) is 0 Å². The van der Waals surface area contributed by atoms with E-state index in [9.17, 15) is 23.5 Å². The first kappa shape index (κ1) is 32.1. The first-order chi connectivity index (χ1) is 12.8. The van der Waals surface area contributed by atoms with E-state index in [1.54, 1.807) is 6.92 Å². The van der Waals surface area contributed by atoms with Gasteiger partial charge in [0.15, 0.2) is 6.17 Å². The van der Waals surface area contributed by atoms with Crippen molar-refractivity contribution in [1.82, 2.24) is 0 Å². The fraction of sp³-hybridized carbons (Fsp3) is 0.211. The van der Waals surface area contributed by atoms with Gasteiger partial charge in [0.25, 0.3) is 0 Å². The molecule has 0 saturated carbocycles. The largest absolute Gasteiger partial charge is 1.00 e. The van der Waals surface area contributed by atoms with E-state index in [2.05, 4.69) is 86.2 Å². The normalized spacial score (nSPS) is 8.14. The summed E-state index contributed by atoms with van der Waals surface area (Å²) in [5.74, 6) is 31.7. The quantitative estimate of drug-likeness (QED) is 0.142. The van der Waals surface area contributed by atoms with Gasteiger partial charge in [0.1, 0.15) is 6.61 Å². The molecule has 0 heterocycles. The molecule has 0 amide bonds. The molecular formula is C19H8FNa2O6P. The van der Waals surface area contributed by atoms with Crippen LogP contribution in [0, 0.1) is 82.9 Å². The molecule has 0 aromatic carbocycles. The molecule has 1 atom stereocenters. The summed E-state index contributed by atoms with van der Waals surface area (Å²) in [5.41, 5.74) is 0. The number of phosphoric ester groups is 1. The van der Waals surface area contributed by atoms with Gasteiger partial charge in [-0.15, -0.1) is 0 Å². The van der Waals surface area contributed by atoms with Crippen LogP contribution < -0.4 is 68.9 Å². The number of halogens is 1. The zero-order valence-corrected chi connectivity index (χ0v) is 20.7. The molecule has 0 rings (SSSR count). The van der Waals surface area contributed by atoms with Crippen molar-refractivity contribution in [3.63, 3.8) is 0 Å². The summed E-state index contributed by atoms with van der Waals surface area (Å²) in [6, 6.07) is 0. The van der Waals surface area contributed by atoms with E-state index < -0.39 is 33.2 Å². The molecule has 6 nitrogen and oxygen atoms in total. The molecule has 0 N–H and O–H groups in total. The van der Waals surface area contributed by atoms with Crippen molar-refractivity contribution in [2.45, 2.75) is 13.1 Å². The summed E-state index contributed by atoms with van der Waals surface area (Å²) in [4.78, 5) is 31.4. The molecule has 0 aromatic heterocycles. The molecule has 0 aliphatic rings. The zero-order chi connectivity index (χ0) is 20.4. The van der Waals surface area contributed by atoms with Crippen molar-refractivity contribution in [2.75, 3.05) is 13.2 Å². The predicted octanol–water partition coefficient (Wildman–Crippen LogP) is -7.24. The summed E-state index contributed by atoms with van der Waals surface area (Å²) in [5, 5.41) is 0. The average molecular weight is 428 g/mol. The van der Waals surface area contributed by atoms with Crippen molar-refractivity contribution in [2.24, 2.45) is 0 Å². The second kappa shape index (κ2) is 21.1. The Morgan fingerprint density at radius 2 is 1.28 bits per heavy atom. The average Bonchev–Trinajstić information content (AvgIpc) is 2.61. The fourth-order valence-corrected chi connectivity index (χ4v) is 1.22. The number of esters is 1. The summed E-state index contributed by atoms with van der Waals surface area (Å²) in [6.45, 7) is -0.228. The van der Waals surface area contributed by atoms with Gasteiger partial charge in [0, 0.05) is 5.92 Å². The van der Waals surface area contributed by atoms with E-state index in [0.717, 1.165) is 0 Å². The van der Waals surface area contributed by atoms with Gasteiger partial charge in [-0.2, -0.15) is 0 Å². The third-order valence-corrected chi connectivity index (χ3v) is 2.25. The van der Waals surface area contributed by atoms with Crippen molar-refractivity contribution < 1.29 is 91.9 Å². The Balaban J connectivity index is -0.00000338. The molecule has 0 unspecified atom stereocenters. The maximum absolute atomic E-state index is 13.1. The van der Waals surface area contributed by atoms with Gasteiger partial charge in [0.2, 0.25) is 0 Å². The topological polar surface area (TPSA) is 98.7 Å². The number of carbonyl (C=O) groups is 1. The van der Waals surface area contributed by atoms with Crippen LogP contribution in [0.5, 0.6) is 0 Å². The van der Waals surface area contributed by atoms with E-state index in [-0.39, 0.29) is 59.1 Å². The number of hydrogen-bond donors (Lipinski definition) is 0. The predicted molar refractivity (Wildman–Crippen MR) is 89.5 cm³/mol. The first-order valence-corrected chi connectivity index (χ1v) is 8.21. The maximum Gasteiger partial charge on any atom is 1.00 e. The number of ether oxygens (including phenoxy) is 1. The van der Waals surface area contributed by atoms with Gasteiger partial charge in [-0.25, -0.2) is 9.18 Å². The molecular weight excluding hydrogens is 420 g/mol. The molecule has 0 aromatic rings. The third-order valence-electron chi connectivity index (χ3n) is 1.79. The Morgan fingerprint density at radius 1 is 0.862 bits per heavy atom. The van der Waals surface area contributed by atoms with Gasteiger partial charge in [-0.3, -0.25) is 0 Å². The number of phosphoric acid groups is 1. The molecule has 0 bridgehead atoms. The number of alkyl halides is 1. The van der Waals surface area contributed by atoms with Crippen molar-refractivity contribution in [1.29, 1.82) is 0 Å². The Hall–Kier alpha value is -1.57. The van der Waals surface area contributed by atoms with Gasteiger partial charge >= 0.3 is 65.1 Å². The molecule has 0 spiro atoms. The second-order valence-electron chi connectivity index (χ2n) is 3.81. The summed E-state index contributed by atoms with van der Waals surface area (Å²) < 4.78 is 31.2. The SMILES string of the molecule is CC#CC#CC#CC#CC#CC#CC#CC(=O)OC[C@@H](F)COP(=O)([O-])[O-].[Na+].[Na+]. The maximum atomic E-state index is 13.1. The van der Waals surface area contributed by atoms with Crippen molar-refractivity contribution in [3.05, 3.63) is 0 Å². The summed E-state index contributed by atoms with van der Waals surface area (Å²) in [7, 11) is -5.28. The van der Waals surface area contributed by atoms with E-state index in [1.165, 1.54) is 0 Å². The van der Waals surface area contributed by atoms with Gasteiger partial charge < -0.3 is 23.6 Å². The molecule has 29 heavy (non-hydrogen) atoms. The standard InChI is InChI=1S/C19H10FO6P.2Na/c1-2-3-4-5-6-7-8-9-10-11-12-13-14-15-19(21)25-16-18(20)17-26-27(22,23)24;;/h18H,16-17H2,1H3,(H2,22,23,24);;/q;2*+1/p-2/t18-;;/m1../s1. The van der Waals surface area contributed by atoms with Gasteiger partial charge in [-0.1, -0.05) is 5.92 Å². The molecule has 10 heteroatoms. The van der Waals surface area contributed by atoms with Crippen molar-refractivity contribution in [3.8, 4) is 82.9 Å². The van der Waals surface area contributed by atoms with Gasteiger partial charge in [-0.05, 0) is 78.0 Å². The second-order valence-corrected chi connectivity index (χ2v) is 4.97. The minimum absolute atomic E-state index is 0. The van der Waals surface area contributed by atoms with Crippen LogP contribution in [0.15, 0.2) is 0 Å². The van der Waals surface area contributed by atoms with E-state index >= 15 is 0 Å². The van der Waals surface area contributed by atoms with Crippen LogP contribution in [-0.2, 0) is 18.6 Å². The van der Waals surface area contributed by atoms with Crippen LogP contribution in [0.4, 0.5) is 4.39 Å². The summed E-state index contributed by atoms with van der Waals surface area (Å²) in [6.07, 6.45) is -1.99. The Labute approximate surface area is 213 Å². The van der Waals surface area contributed by atoms with Crippen LogP contribution in [0.1, 0.15) is 6.92 Å². The minimum atomic E-state index is -5.28. The Bertz CT molecular complexity index is 1030. The van der Waals surface area contributed by atoms with Crippen LogP contribution >= 0.6 is 7.82 Å². The summed E-state index contributed by atoms with van der Waals surface area (Å²) >= 11 is 0. The smallest absolute Gasteiger partial charge is 0.790 e. The van der Waals surface area contributed by atoms with Crippen LogP contribution in [-0.4, -0.2) is 25.4 Å². The fourth-order valence-electron chi connectivity index (χ4n) is 0.880. The Morgan fingerprint density at radius 3 is 1.69 bits per heavy atom. The van der Waals surface area contributed by atoms with Gasteiger partial charge in [0.05, 0.1) is 14.4 Å². The van der Waals surface area contributed by atoms with E-state index in [0.29, 0.717) is 0 Å². The molecule has 0 aliphatic heterocycles. The zero-order valence-electron chi connectivity index (χ0n) is 15.8. The molecule has 0 radical (unpaired) electrons. The first-order valence-electron chi connectivity index (χ1n) is 6.75. The number of rotatable bonds is 5. The third kappa shape index (κ3) is 26.4. The van der Waals surface area contributed by atoms with E-state index in [1.807, 2.05) is 5.92 Å². The number of hydrogen-bond acceptors (Lipinski definition) is 6. The minimum Gasteiger partial charge on any atom is -0.790 e. The van der Waals surface area contributed by atoms with Crippen molar-refractivity contribution >= 4 is 13.8 Å². The Kier molecular flexibility index (Phi) is 23.4. The molecule has 0 fully saturated rings. The number of carbonyl (C=O) groups excluding carboxylic acids is 1. The molecule has 0 saturated heterocycles. The van der Waals surface area contributed by atoms with Crippen LogP contribution in [0.2, 0.25) is 0 Å². The monoisotopic (exact) mass is 428 g/mol. The van der Waals surface area contributed by atoms with Crippen LogP contribution in [0.3, 0.4) is 0 Å².